The Morgan fingerprint density at radius 1 is 1.47 bits per heavy atom. The maximum atomic E-state index is 11.4. The van der Waals surface area contributed by atoms with Gasteiger partial charge in [0.15, 0.2) is 5.58 Å². The van der Waals surface area contributed by atoms with Gasteiger partial charge in [0.05, 0.1) is 17.7 Å². The number of rotatable bonds is 2. The lowest BCUT2D eigenvalue weighted by Gasteiger charge is -2.21. The van der Waals surface area contributed by atoms with E-state index in [4.69, 9.17) is 9.15 Å². The third-order valence-electron chi connectivity index (χ3n) is 4.00. The van der Waals surface area contributed by atoms with Crippen LogP contribution in [-0.2, 0) is 11.8 Å². The van der Waals surface area contributed by atoms with Crippen molar-refractivity contribution in [2.45, 2.75) is 25.6 Å². The van der Waals surface area contributed by atoms with Gasteiger partial charge in [-0.15, -0.1) is 0 Å². The standard InChI is InChI=1S/C14H17NO4/c1-8-10(5-6-18-8)13(16)9-3-4-11-12(7-9)19-14(17)15(11)2/h3-4,7-8,10,13,16H,5-6H2,1-2H3. The molecule has 0 saturated carbocycles. The fourth-order valence-corrected chi connectivity index (χ4v) is 2.74. The quantitative estimate of drug-likeness (QED) is 0.893. The van der Waals surface area contributed by atoms with Gasteiger partial charge in [-0.2, -0.15) is 0 Å². The molecule has 3 rings (SSSR count). The number of ether oxygens (including phenoxy) is 1. The lowest BCUT2D eigenvalue weighted by Crippen LogP contribution is -2.19. The number of fused-ring (bicyclic) bond motifs is 1. The SMILES string of the molecule is CC1OCCC1C(O)c1ccc2c(c1)oc(=O)n2C. The van der Waals surface area contributed by atoms with Gasteiger partial charge in [-0.05, 0) is 31.0 Å². The monoisotopic (exact) mass is 263 g/mol. The first-order valence-electron chi connectivity index (χ1n) is 6.47. The van der Waals surface area contributed by atoms with Gasteiger partial charge in [-0.3, -0.25) is 4.57 Å². The van der Waals surface area contributed by atoms with E-state index >= 15 is 0 Å². The van der Waals surface area contributed by atoms with Gasteiger partial charge in [0.1, 0.15) is 0 Å². The molecule has 0 aliphatic carbocycles. The summed E-state index contributed by atoms with van der Waals surface area (Å²) in [6.07, 6.45) is 0.305. The highest BCUT2D eigenvalue weighted by Crippen LogP contribution is 2.34. The molecule has 102 valence electrons. The van der Waals surface area contributed by atoms with Crippen LogP contribution in [-0.4, -0.2) is 22.4 Å². The Morgan fingerprint density at radius 3 is 2.95 bits per heavy atom. The van der Waals surface area contributed by atoms with Gasteiger partial charge in [-0.25, -0.2) is 4.79 Å². The Morgan fingerprint density at radius 2 is 2.26 bits per heavy atom. The molecular weight excluding hydrogens is 246 g/mol. The topological polar surface area (TPSA) is 64.6 Å². The second-order valence-corrected chi connectivity index (χ2v) is 5.13. The van der Waals surface area contributed by atoms with Gasteiger partial charge >= 0.3 is 5.76 Å². The summed E-state index contributed by atoms with van der Waals surface area (Å²) in [6.45, 7) is 2.66. The molecule has 19 heavy (non-hydrogen) atoms. The molecule has 3 atom stereocenters. The minimum Gasteiger partial charge on any atom is -0.408 e. The van der Waals surface area contributed by atoms with Crippen LogP contribution in [0.2, 0.25) is 0 Å². The molecule has 0 spiro atoms. The van der Waals surface area contributed by atoms with Crippen LogP contribution in [0.1, 0.15) is 25.0 Å². The van der Waals surface area contributed by atoms with E-state index in [-0.39, 0.29) is 17.8 Å². The lowest BCUT2D eigenvalue weighted by molar-refractivity contribution is 0.0432. The predicted octanol–water partition coefficient (Wildman–Crippen LogP) is 1.59. The van der Waals surface area contributed by atoms with Crippen LogP contribution in [0.3, 0.4) is 0 Å². The zero-order chi connectivity index (χ0) is 13.6. The van der Waals surface area contributed by atoms with Gasteiger partial charge < -0.3 is 14.3 Å². The van der Waals surface area contributed by atoms with Crippen molar-refractivity contribution in [2.24, 2.45) is 13.0 Å². The Balaban J connectivity index is 1.99. The predicted molar refractivity (Wildman–Crippen MR) is 69.9 cm³/mol. The summed E-state index contributed by atoms with van der Waals surface area (Å²) >= 11 is 0. The van der Waals surface area contributed by atoms with E-state index in [1.807, 2.05) is 13.0 Å². The van der Waals surface area contributed by atoms with Crippen molar-refractivity contribution in [2.75, 3.05) is 6.61 Å². The summed E-state index contributed by atoms with van der Waals surface area (Å²) in [5.41, 5.74) is 2.01. The van der Waals surface area contributed by atoms with Crippen molar-refractivity contribution in [3.63, 3.8) is 0 Å². The molecule has 1 N–H and O–H groups in total. The van der Waals surface area contributed by atoms with Crippen LogP contribution in [0.5, 0.6) is 0 Å². The number of nitrogens with zero attached hydrogens (tertiary/aromatic N) is 1. The van der Waals surface area contributed by atoms with Crippen LogP contribution in [0.15, 0.2) is 27.4 Å². The largest absolute Gasteiger partial charge is 0.419 e. The molecule has 1 saturated heterocycles. The van der Waals surface area contributed by atoms with Gasteiger partial charge in [0, 0.05) is 19.6 Å². The first-order chi connectivity index (χ1) is 9.08. The summed E-state index contributed by atoms with van der Waals surface area (Å²) in [4.78, 5) is 11.4. The molecule has 1 aromatic carbocycles. The van der Waals surface area contributed by atoms with E-state index in [0.29, 0.717) is 12.2 Å². The molecule has 5 nitrogen and oxygen atoms in total. The van der Waals surface area contributed by atoms with E-state index in [9.17, 15) is 9.90 Å². The number of benzene rings is 1. The summed E-state index contributed by atoms with van der Waals surface area (Å²) in [6, 6.07) is 5.39. The van der Waals surface area contributed by atoms with Crippen molar-refractivity contribution < 1.29 is 14.3 Å². The lowest BCUT2D eigenvalue weighted by atomic mass is 9.91. The Bertz CT molecular complexity index is 657. The van der Waals surface area contributed by atoms with Crippen molar-refractivity contribution in [1.82, 2.24) is 4.57 Å². The average Bonchev–Trinajstić information content (AvgIpc) is 2.93. The second kappa shape index (κ2) is 4.51. The highest BCUT2D eigenvalue weighted by Gasteiger charge is 2.31. The normalized spacial score (nSPS) is 25.0. The van der Waals surface area contributed by atoms with Gasteiger partial charge in [0.25, 0.3) is 0 Å². The Hall–Kier alpha value is -1.59. The van der Waals surface area contributed by atoms with E-state index < -0.39 is 6.10 Å². The molecule has 5 heteroatoms. The maximum absolute atomic E-state index is 11.4. The van der Waals surface area contributed by atoms with Crippen LogP contribution in [0.25, 0.3) is 11.1 Å². The molecule has 1 aliphatic rings. The first-order valence-corrected chi connectivity index (χ1v) is 6.47. The number of oxazole rings is 1. The minimum atomic E-state index is -0.590. The maximum Gasteiger partial charge on any atom is 0.419 e. The van der Waals surface area contributed by atoms with Crippen molar-refractivity contribution in [3.8, 4) is 0 Å². The Kier molecular flexibility index (Phi) is 2.95. The van der Waals surface area contributed by atoms with Gasteiger partial charge in [-0.1, -0.05) is 6.07 Å². The summed E-state index contributed by atoms with van der Waals surface area (Å²) < 4.78 is 12.1. The summed E-state index contributed by atoms with van der Waals surface area (Å²) in [5.74, 6) is -0.299. The second-order valence-electron chi connectivity index (χ2n) is 5.13. The van der Waals surface area contributed by atoms with E-state index in [2.05, 4.69) is 0 Å². The zero-order valence-electron chi connectivity index (χ0n) is 11.0. The molecule has 0 bridgehead atoms. The fourth-order valence-electron chi connectivity index (χ4n) is 2.74. The van der Waals surface area contributed by atoms with E-state index in [0.717, 1.165) is 17.5 Å². The van der Waals surface area contributed by atoms with E-state index in [1.165, 1.54) is 4.57 Å². The van der Waals surface area contributed by atoms with Crippen LogP contribution >= 0.6 is 0 Å². The number of hydrogen-bond acceptors (Lipinski definition) is 4. The molecule has 0 radical (unpaired) electrons. The number of aliphatic hydroxyl groups is 1. The third kappa shape index (κ3) is 1.99. The highest BCUT2D eigenvalue weighted by molar-refractivity contribution is 5.73. The molecule has 1 fully saturated rings. The number of aliphatic hydroxyl groups excluding tert-OH is 1. The first kappa shape index (κ1) is 12.4. The van der Waals surface area contributed by atoms with Crippen LogP contribution in [0, 0.1) is 5.92 Å². The third-order valence-corrected chi connectivity index (χ3v) is 4.00. The van der Waals surface area contributed by atoms with Crippen molar-refractivity contribution in [1.29, 1.82) is 0 Å². The highest BCUT2D eigenvalue weighted by atomic mass is 16.5. The minimum absolute atomic E-state index is 0.0495. The van der Waals surface area contributed by atoms with Crippen molar-refractivity contribution >= 4 is 11.1 Å². The smallest absolute Gasteiger partial charge is 0.408 e. The Labute approximate surface area is 110 Å². The van der Waals surface area contributed by atoms with Crippen molar-refractivity contribution in [3.05, 3.63) is 34.3 Å². The molecule has 0 amide bonds. The van der Waals surface area contributed by atoms with Crippen LogP contribution in [0.4, 0.5) is 0 Å². The molecule has 2 heterocycles. The molecule has 1 aliphatic heterocycles. The molecule has 2 aromatic rings. The van der Waals surface area contributed by atoms with Gasteiger partial charge in [0.2, 0.25) is 0 Å². The molecule has 3 unspecified atom stereocenters. The fraction of sp³-hybridized carbons (Fsp3) is 0.500. The van der Waals surface area contributed by atoms with Crippen LogP contribution < -0.4 is 5.76 Å². The number of aryl methyl sites for hydroxylation is 1. The average molecular weight is 263 g/mol. The van der Waals surface area contributed by atoms with E-state index in [1.54, 1.807) is 19.2 Å². The summed E-state index contributed by atoms with van der Waals surface area (Å²) in [7, 11) is 1.66. The number of hydrogen-bond donors (Lipinski definition) is 1. The summed E-state index contributed by atoms with van der Waals surface area (Å²) in [5, 5.41) is 10.4. The molecular formula is C14H17NO4. The number of aromatic nitrogens is 1. The zero-order valence-corrected chi connectivity index (χ0v) is 11.0. The molecule has 1 aromatic heterocycles.